The molecule has 0 aromatic heterocycles. The highest BCUT2D eigenvalue weighted by Crippen LogP contribution is 2.34. The molecule has 1 aromatic rings. The van der Waals surface area contributed by atoms with Crippen LogP contribution >= 0.6 is 0 Å². The third-order valence-electron chi connectivity index (χ3n) is 3.58. The molecule has 0 saturated carbocycles. The van der Waals surface area contributed by atoms with Gasteiger partial charge in [-0.15, -0.1) is 0 Å². The van der Waals surface area contributed by atoms with Crippen molar-refractivity contribution in [2.45, 2.75) is 31.3 Å². The third kappa shape index (κ3) is 2.86. The van der Waals surface area contributed by atoms with Gasteiger partial charge in [-0.25, -0.2) is 5.43 Å². The van der Waals surface area contributed by atoms with Gasteiger partial charge in [-0.3, -0.25) is 10.2 Å². The Morgan fingerprint density at radius 2 is 2.05 bits per heavy atom. The van der Waals surface area contributed by atoms with Gasteiger partial charge in [-0.05, 0) is 24.1 Å². The summed E-state index contributed by atoms with van der Waals surface area (Å²) in [5.74, 6) is 0.756. The van der Waals surface area contributed by atoms with Crippen molar-refractivity contribution in [3.8, 4) is 11.5 Å². The minimum Gasteiger partial charge on any atom is -0.490 e. The van der Waals surface area contributed by atoms with E-state index in [0.717, 1.165) is 29.9 Å². The molecule has 20 heavy (non-hydrogen) atoms. The maximum absolute atomic E-state index is 10.7. The van der Waals surface area contributed by atoms with Crippen LogP contribution in [0.25, 0.3) is 0 Å². The minimum absolute atomic E-state index is 0.0477. The SMILES string of the molecule is O=C(O)CC1CC(c2ccc3c(c2)OCCCO3)NN1. The Bertz CT molecular complexity index is 506. The average Bonchev–Trinajstić information content (AvgIpc) is 2.74. The molecular weight excluding hydrogens is 260 g/mol. The Kier molecular flexibility index (Phi) is 3.75. The Morgan fingerprint density at radius 3 is 2.85 bits per heavy atom. The fourth-order valence-corrected chi connectivity index (χ4v) is 2.58. The van der Waals surface area contributed by atoms with E-state index in [1.54, 1.807) is 0 Å². The van der Waals surface area contributed by atoms with Crippen molar-refractivity contribution in [3.05, 3.63) is 23.8 Å². The number of carboxylic acid groups (broad SMARTS) is 1. The topological polar surface area (TPSA) is 79.8 Å². The molecule has 0 radical (unpaired) electrons. The van der Waals surface area contributed by atoms with Crippen LogP contribution < -0.4 is 20.3 Å². The normalized spacial score (nSPS) is 25.2. The number of benzene rings is 1. The Labute approximate surface area is 117 Å². The molecule has 1 aromatic carbocycles. The fourth-order valence-electron chi connectivity index (χ4n) is 2.58. The minimum atomic E-state index is -0.788. The van der Waals surface area contributed by atoms with Crippen LogP contribution in [0, 0.1) is 0 Å². The zero-order chi connectivity index (χ0) is 13.9. The molecule has 6 nitrogen and oxygen atoms in total. The molecule has 1 saturated heterocycles. The van der Waals surface area contributed by atoms with Crippen molar-refractivity contribution in [2.24, 2.45) is 0 Å². The van der Waals surface area contributed by atoms with Crippen LogP contribution in [0.4, 0.5) is 0 Å². The molecule has 0 aliphatic carbocycles. The van der Waals surface area contributed by atoms with E-state index in [1.165, 1.54) is 0 Å². The predicted molar refractivity (Wildman–Crippen MR) is 71.7 cm³/mol. The Morgan fingerprint density at radius 1 is 1.25 bits per heavy atom. The molecule has 2 unspecified atom stereocenters. The summed E-state index contributed by atoms with van der Waals surface area (Å²) >= 11 is 0. The summed E-state index contributed by atoms with van der Waals surface area (Å²) in [7, 11) is 0. The molecule has 2 atom stereocenters. The molecule has 108 valence electrons. The second-order valence-electron chi connectivity index (χ2n) is 5.13. The number of nitrogens with one attached hydrogen (secondary N) is 2. The van der Waals surface area contributed by atoms with E-state index in [9.17, 15) is 4.79 Å². The lowest BCUT2D eigenvalue weighted by molar-refractivity contribution is -0.137. The number of carboxylic acids is 1. The zero-order valence-electron chi connectivity index (χ0n) is 11.1. The largest absolute Gasteiger partial charge is 0.490 e. The number of hydrogen-bond donors (Lipinski definition) is 3. The summed E-state index contributed by atoms with van der Waals surface area (Å²) in [6, 6.07) is 5.94. The molecule has 3 rings (SSSR count). The molecule has 2 aliphatic heterocycles. The van der Waals surface area contributed by atoms with Gasteiger partial charge >= 0.3 is 5.97 Å². The van der Waals surface area contributed by atoms with Crippen LogP contribution in [0.3, 0.4) is 0 Å². The molecule has 1 fully saturated rings. The third-order valence-corrected chi connectivity index (χ3v) is 3.58. The van der Waals surface area contributed by atoms with Crippen LogP contribution in [0.15, 0.2) is 18.2 Å². The van der Waals surface area contributed by atoms with Crippen molar-refractivity contribution in [1.82, 2.24) is 10.9 Å². The van der Waals surface area contributed by atoms with Crippen LogP contribution in [0.5, 0.6) is 11.5 Å². The fraction of sp³-hybridized carbons (Fsp3) is 0.500. The summed E-state index contributed by atoms with van der Waals surface area (Å²) in [4.78, 5) is 10.7. The summed E-state index contributed by atoms with van der Waals surface area (Å²) in [5.41, 5.74) is 7.25. The van der Waals surface area contributed by atoms with E-state index in [0.29, 0.717) is 13.2 Å². The van der Waals surface area contributed by atoms with E-state index < -0.39 is 5.97 Å². The first-order valence-corrected chi connectivity index (χ1v) is 6.85. The standard InChI is InChI=1S/C14H18N2O4/c17-14(18)8-10-7-11(16-15-10)9-2-3-12-13(6-9)20-5-1-4-19-12/h2-3,6,10-11,15-16H,1,4-5,7-8H2,(H,17,18). The van der Waals surface area contributed by atoms with E-state index in [1.807, 2.05) is 18.2 Å². The second-order valence-corrected chi connectivity index (χ2v) is 5.13. The maximum Gasteiger partial charge on any atom is 0.304 e. The van der Waals surface area contributed by atoms with Gasteiger partial charge < -0.3 is 14.6 Å². The lowest BCUT2D eigenvalue weighted by atomic mass is 10.0. The number of hydrogen-bond acceptors (Lipinski definition) is 5. The summed E-state index contributed by atoms with van der Waals surface area (Å²) in [5, 5.41) is 8.82. The number of aliphatic carboxylic acids is 1. The lowest BCUT2D eigenvalue weighted by Crippen LogP contribution is -2.32. The Hall–Kier alpha value is -1.79. The maximum atomic E-state index is 10.7. The number of hydrazine groups is 1. The van der Waals surface area contributed by atoms with Crippen molar-refractivity contribution in [1.29, 1.82) is 0 Å². The average molecular weight is 278 g/mol. The van der Waals surface area contributed by atoms with E-state index >= 15 is 0 Å². The van der Waals surface area contributed by atoms with Gasteiger partial charge in [0.1, 0.15) is 0 Å². The van der Waals surface area contributed by atoms with Gasteiger partial charge in [0.2, 0.25) is 0 Å². The number of carbonyl (C=O) groups is 1. The zero-order valence-corrected chi connectivity index (χ0v) is 11.1. The Balaban J connectivity index is 1.72. The molecular formula is C14H18N2O4. The van der Waals surface area contributed by atoms with E-state index in [2.05, 4.69) is 10.9 Å². The molecule has 6 heteroatoms. The molecule has 0 amide bonds. The van der Waals surface area contributed by atoms with Crippen LogP contribution in [0.1, 0.15) is 30.9 Å². The quantitative estimate of drug-likeness (QED) is 0.771. The highest BCUT2D eigenvalue weighted by molar-refractivity contribution is 5.67. The molecule has 2 aliphatic rings. The molecule has 2 heterocycles. The van der Waals surface area contributed by atoms with Gasteiger partial charge in [0.15, 0.2) is 11.5 Å². The summed E-state index contributed by atoms with van der Waals surface area (Å²) < 4.78 is 11.3. The second kappa shape index (κ2) is 5.68. The number of fused-ring (bicyclic) bond motifs is 1. The summed E-state index contributed by atoms with van der Waals surface area (Å²) in [6.07, 6.45) is 1.74. The number of rotatable bonds is 3. The smallest absolute Gasteiger partial charge is 0.304 e. The van der Waals surface area contributed by atoms with Crippen LogP contribution in [0.2, 0.25) is 0 Å². The van der Waals surface area contributed by atoms with Crippen LogP contribution in [-0.2, 0) is 4.79 Å². The van der Waals surface area contributed by atoms with Gasteiger partial charge in [-0.2, -0.15) is 0 Å². The van der Waals surface area contributed by atoms with Crippen molar-refractivity contribution < 1.29 is 19.4 Å². The molecule has 0 spiro atoms. The van der Waals surface area contributed by atoms with Gasteiger partial charge in [0, 0.05) is 18.5 Å². The van der Waals surface area contributed by atoms with Gasteiger partial charge in [0.05, 0.1) is 19.6 Å². The first-order chi connectivity index (χ1) is 9.72. The lowest BCUT2D eigenvalue weighted by Gasteiger charge is -2.13. The highest BCUT2D eigenvalue weighted by Gasteiger charge is 2.27. The van der Waals surface area contributed by atoms with E-state index in [-0.39, 0.29) is 18.5 Å². The van der Waals surface area contributed by atoms with Gasteiger partial charge in [-0.1, -0.05) is 6.07 Å². The highest BCUT2D eigenvalue weighted by atomic mass is 16.5. The number of ether oxygens (including phenoxy) is 2. The first kappa shape index (κ1) is 13.2. The van der Waals surface area contributed by atoms with Gasteiger partial charge in [0.25, 0.3) is 0 Å². The summed E-state index contributed by atoms with van der Waals surface area (Å²) in [6.45, 7) is 1.34. The molecule has 3 N–H and O–H groups in total. The molecule has 0 bridgehead atoms. The monoisotopic (exact) mass is 278 g/mol. The van der Waals surface area contributed by atoms with E-state index in [4.69, 9.17) is 14.6 Å². The van der Waals surface area contributed by atoms with Crippen molar-refractivity contribution in [2.75, 3.05) is 13.2 Å². The van der Waals surface area contributed by atoms with Crippen molar-refractivity contribution in [3.63, 3.8) is 0 Å². The van der Waals surface area contributed by atoms with Crippen LogP contribution in [-0.4, -0.2) is 30.3 Å². The predicted octanol–water partition coefficient (Wildman–Crippen LogP) is 1.23. The van der Waals surface area contributed by atoms with Crippen molar-refractivity contribution >= 4 is 5.97 Å². The first-order valence-electron chi connectivity index (χ1n) is 6.85.